The number of benzene rings is 1. The Kier molecular flexibility index (Phi) is 6.23. The Morgan fingerprint density at radius 3 is 3.00 bits per heavy atom. The standard InChI is InChI=1S/C20H21N3O4/c1-2-26-19-10-16(20(24)23-8-9-25-14-17(23)11-21)5-6-18(19)27-13-15-4-3-7-22-12-15/h3-7,10,12,17H,2,8-9,13-14H2,1H3/t17-/m1/s1. The molecule has 140 valence electrons. The smallest absolute Gasteiger partial charge is 0.255 e. The van der Waals surface area contributed by atoms with Crippen molar-refractivity contribution in [3.05, 3.63) is 53.9 Å². The van der Waals surface area contributed by atoms with E-state index in [4.69, 9.17) is 14.2 Å². The lowest BCUT2D eigenvalue weighted by molar-refractivity contribution is 0.0132. The summed E-state index contributed by atoms with van der Waals surface area (Å²) < 4.78 is 16.8. The molecule has 0 spiro atoms. The normalized spacial score (nSPS) is 16.4. The number of rotatable bonds is 6. The first kappa shape index (κ1) is 18.7. The molecule has 2 heterocycles. The van der Waals surface area contributed by atoms with Crippen LogP contribution in [0.3, 0.4) is 0 Å². The molecule has 3 rings (SSSR count). The van der Waals surface area contributed by atoms with Crippen LogP contribution in [0.2, 0.25) is 0 Å². The Morgan fingerprint density at radius 2 is 2.26 bits per heavy atom. The summed E-state index contributed by atoms with van der Waals surface area (Å²) in [5.74, 6) is 0.828. The molecule has 0 aliphatic carbocycles. The minimum absolute atomic E-state index is 0.218. The lowest BCUT2D eigenvalue weighted by atomic mass is 10.1. The van der Waals surface area contributed by atoms with E-state index >= 15 is 0 Å². The lowest BCUT2D eigenvalue weighted by Gasteiger charge is -2.31. The van der Waals surface area contributed by atoms with Gasteiger partial charge in [-0.3, -0.25) is 9.78 Å². The van der Waals surface area contributed by atoms with E-state index < -0.39 is 6.04 Å². The number of nitrogens with zero attached hydrogens (tertiary/aromatic N) is 3. The molecule has 0 saturated carbocycles. The fraction of sp³-hybridized carbons (Fsp3) is 0.350. The maximum Gasteiger partial charge on any atom is 0.255 e. The number of aromatic nitrogens is 1. The topological polar surface area (TPSA) is 84.7 Å². The van der Waals surface area contributed by atoms with Gasteiger partial charge in [-0.25, -0.2) is 0 Å². The summed E-state index contributed by atoms with van der Waals surface area (Å²) in [5, 5.41) is 9.24. The maximum atomic E-state index is 12.8. The molecule has 1 saturated heterocycles. The van der Waals surface area contributed by atoms with Gasteiger partial charge in [0.05, 0.1) is 25.9 Å². The average Bonchev–Trinajstić information content (AvgIpc) is 2.73. The summed E-state index contributed by atoms with van der Waals surface area (Å²) in [7, 11) is 0. The van der Waals surface area contributed by atoms with E-state index in [1.807, 2.05) is 19.1 Å². The second-order valence-corrected chi connectivity index (χ2v) is 5.96. The molecule has 1 aliphatic rings. The average molecular weight is 367 g/mol. The number of morpholine rings is 1. The Labute approximate surface area is 158 Å². The summed E-state index contributed by atoms with van der Waals surface area (Å²) in [4.78, 5) is 18.4. The molecule has 2 aromatic rings. The van der Waals surface area contributed by atoms with E-state index in [-0.39, 0.29) is 12.5 Å². The van der Waals surface area contributed by atoms with Gasteiger partial charge in [0.25, 0.3) is 5.91 Å². The third-order valence-corrected chi connectivity index (χ3v) is 4.15. The van der Waals surface area contributed by atoms with E-state index in [0.29, 0.717) is 43.4 Å². The summed E-state index contributed by atoms with van der Waals surface area (Å²) in [6, 6.07) is 10.4. The molecule has 7 heteroatoms. The zero-order valence-electron chi connectivity index (χ0n) is 15.1. The molecule has 0 bridgehead atoms. The van der Waals surface area contributed by atoms with Crippen molar-refractivity contribution in [3.8, 4) is 17.6 Å². The van der Waals surface area contributed by atoms with Crippen molar-refractivity contribution in [3.63, 3.8) is 0 Å². The SMILES string of the molecule is CCOc1cc(C(=O)N2CCOC[C@H]2C#N)ccc1OCc1cccnc1. The summed E-state index contributed by atoms with van der Waals surface area (Å²) >= 11 is 0. The van der Waals surface area contributed by atoms with E-state index in [9.17, 15) is 10.1 Å². The molecule has 0 radical (unpaired) electrons. The molecule has 1 aromatic heterocycles. The van der Waals surface area contributed by atoms with E-state index in [1.54, 1.807) is 30.6 Å². The summed E-state index contributed by atoms with van der Waals surface area (Å²) in [6.07, 6.45) is 3.44. The van der Waals surface area contributed by atoms with Crippen LogP contribution in [0.15, 0.2) is 42.7 Å². The van der Waals surface area contributed by atoms with Gasteiger partial charge in [-0.05, 0) is 31.2 Å². The van der Waals surface area contributed by atoms with Crippen molar-refractivity contribution >= 4 is 5.91 Å². The maximum absolute atomic E-state index is 12.8. The van der Waals surface area contributed by atoms with Crippen LogP contribution in [0.5, 0.6) is 11.5 Å². The highest BCUT2D eigenvalue weighted by molar-refractivity contribution is 5.95. The number of nitriles is 1. The summed E-state index contributed by atoms with van der Waals surface area (Å²) in [5.41, 5.74) is 1.39. The highest BCUT2D eigenvalue weighted by atomic mass is 16.5. The Hall–Kier alpha value is -3.11. The molecular formula is C20H21N3O4. The van der Waals surface area contributed by atoms with E-state index in [1.165, 1.54) is 4.90 Å². The van der Waals surface area contributed by atoms with Crippen LogP contribution in [0.25, 0.3) is 0 Å². The van der Waals surface area contributed by atoms with Gasteiger partial charge in [-0.1, -0.05) is 6.07 Å². The molecule has 1 aliphatic heterocycles. The molecule has 1 atom stereocenters. The highest BCUT2D eigenvalue weighted by Crippen LogP contribution is 2.30. The number of hydrogen-bond acceptors (Lipinski definition) is 6. The van der Waals surface area contributed by atoms with Gasteiger partial charge >= 0.3 is 0 Å². The lowest BCUT2D eigenvalue weighted by Crippen LogP contribution is -2.47. The van der Waals surface area contributed by atoms with Crippen molar-refractivity contribution in [2.24, 2.45) is 0 Å². The monoisotopic (exact) mass is 367 g/mol. The number of ether oxygens (including phenoxy) is 3. The van der Waals surface area contributed by atoms with Crippen LogP contribution in [0, 0.1) is 11.3 Å². The van der Waals surface area contributed by atoms with Crippen LogP contribution in [-0.4, -0.2) is 48.2 Å². The first-order valence-electron chi connectivity index (χ1n) is 8.79. The number of carbonyl (C=O) groups is 1. The zero-order chi connectivity index (χ0) is 19.1. The van der Waals surface area contributed by atoms with Crippen LogP contribution in [0.1, 0.15) is 22.8 Å². The first-order valence-corrected chi connectivity index (χ1v) is 8.79. The fourth-order valence-electron chi connectivity index (χ4n) is 2.79. The minimum atomic E-state index is -0.580. The number of amides is 1. The number of hydrogen-bond donors (Lipinski definition) is 0. The van der Waals surface area contributed by atoms with Crippen molar-refractivity contribution in [1.29, 1.82) is 5.26 Å². The van der Waals surface area contributed by atoms with Gasteiger partial charge in [0, 0.05) is 30.1 Å². The summed E-state index contributed by atoms with van der Waals surface area (Å²) in [6.45, 7) is 3.70. The first-order chi connectivity index (χ1) is 13.2. The molecular weight excluding hydrogens is 346 g/mol. The van der Waals surface area contributed by atoms with Gasteiger partial charge in [0.2, 0.25) is 0 Å². The molecule has 0 N–H and O–H groups in total. The van der Waals surface area contributed by atoms with Gasteiger partial charge in [-0.15, -0.1) is 0 Å². The Bertz CT molecular complexity index is 820. The van der Waals surface area contributed by atoms with Crippen molar-refractivity contribution in [2.45, 2.75) is 19.6 Å². The van der Waals surface area contributed by atoms with Crippen molar-refractivity contribution in [2.75, 3.05) is 26.4 Å². The van der Waals surface area contributed by atoms with Gasteiger partial charge < -0.3 is 19.1 Å². The van der Waals surface area contributed by atoms with Crippen LogP contribution in [-0.2, 0) is 11.3 Å². The molecule has 1 amide bonds. The van der Waals surface area contributed by atoms with Crippen LogP contribution < -0.4 is 9.47 Å². The van der Waals surface area contributed by atoms with Gasteiger partial charge in [-0.2, -0.15) is 5.26 Å². The number of carbonyl (C=O) groups excluding carboxylic acids is 1. The highest BCUT2D eigenvalue weighted by Gasteiger charge is 2.28. The Morgan fingerprint density at radius 1 is 1.37 bits per heavy atom. The molecule has 1 fully saturated rings. The molecule has 0 unspecified atom stereocenters. The molecule has 27 heavy (non-hydrogen) atoms. The van der Waals surface area contributed by atoms with E-state index in [0.717, 1.165) is 5.56 Å². The molecule has 1 aromatic carbocycles. The van der Waals surface area contributed by atoms with Gasteiger partial charge in [0.1, 0.15) is 12.6 Å². The predicted octanol–water partition coefficient (Wildman–Crippen LogP) is 2.42. The zero-order valence-corrected chi connectivity index (χ0v) is 15.1. The van der Waals surface area contributed by atoms with Crippen molar-refractivity contribution < 1.29 is 19.0 Å². The largest absolute Gasteiger partial charge is 0.490 e. The van der Waals surface area contributed by atoms with Crippen LogP contribution >= 0.6 is 0 Å². The quantitative estimate of drug-likeness (QED) is 0.780. The second kappa shape index (κ2) is 9.01. The number of pyridine rings is 1. The van der Waals surface area contributed by atoms with E-state index in [2.05, 4.69) is 11.1 Å². The molecule has 7 nitrogen and oxygen atoms in total. The van der Waals surface area contributed by atoms with Crippen molar-refractivity contribution in [1.82, 2.24) is 9.88 Å². The third kappa shape index (κ3) is 4.54. The Balaban J connectivity index is 1.78. The third-order valence-electron chi connectivity index (χ3n) is 4.15. The van der Waals surface area contributed by atoms with Gasteiger partial charge in [0.15, 0.2) is 11.5 Å². The second-order valence-electron chi connectivity index (χ2n) is 5.96. The predicted molar refractivity (Wildman–Crippen MR) is 97.4 cm³/mol. The van der Waals surface area contributed by atoms with Crippen LogP contribution in [0.4, 0.5) is 0 Å². The minimum Gasteiger partial charge on any atom is -0.490 e. The fourth-order valence-corrected chi connectivity index (χ4v) is 2.79.